The number of benzene rings is 2. The third-order valence-corrected chi connectivity index (χ3v) is 5.95. The van der Waals surface area contributed by atoms with Crippen molar-refractivity contribution in [2.24, 2.45) is 17.8 Å². The van der Waals surface area contributed by atoms with Gasteiger partial charge in [-0.1, -0.05) is 86.7 Å². The second kappa shape index (κ2) is 12.6. The molecule has 1 fully saturated rings. The Balaban J connectivity index is 1.79. The second-order valence-corrected chi connectivity index (χ2v) is 9.14. The lowest BCUT2D eigenvalue weighted by Crippen LogP contribution is -2.51. The van der Waals surface area contributed by atoms with Crippen LogP contribution < -0.4 is 10.9 Å². The van der Waals surface area contributed by atoms with Gasteiger partial charge >= 0.3 is 17.8 Å². The van der Waals surface area contributed by atoms with Gasteiger partial charge in [0.2, 0.25) is 11.8 Å². The predicted octanol–water partition coefficient (Wildman–Crippen LogP) is 2.90. The number of allylic oxidation sites excluding steroid dienone is 1. The van der Waals surface area contributed by atoms with Crippen LogP contribution in [0.5, 0.6) is 0 Å². The zero-order chi connectivity index (χ0) is 26.9. The highest BCUT2D eigenvalue weighted by Gasteiger charge is 2.47. The highest BCUT2D eigenvalue weighted by atomic mass is 16.5. The van der Waals surface area contributed by atoms with Gasteiger partial charge < -0.3 is 0 Å². The van der Waals surface area contributed by atoms with Crippen molar-refractivity contribution in [1.29, 1.82) is 0 Å². The van der Waals surface area contributed by atoms with E-state index in [0.717, 1.165) is 10.5 Å². The number of hydrogen-bond acceptors (Lipinski definition) is 6. The Morgan fingerprint density at radius 2 is 1.51 bits per heavy atom. The number of nitrogens with zero attached hydrogens (tertiary/aromatic N) is 2. The summed E-state index contributed by atoms with van der Waals surface area (Å²) in [5.74, 6) is -5.87. The summed E-state index contributed by atoms with van der Waals surface area (Å²) in [6, 6.07) is 17.0. The van der Waals surface area contributed by atoms with E-state index in [4.69, 9.17) is 0 Å². The summed E-state index contributed by atoms with van der Waals surface area (Å²) in [6.07, 6.45) is 3.83. The van der Waals surface area contributed by atoms with Crippen molar-refractivity contribution in [1.82, 2.24) is 20.8 Å². The molecule has 0 spiro atoms. The van der Waals surface area contributed by atoms with Crippen molar-refractivity contribution in [2.75, 3.05) is 0 Å². The molecule has 2 aromatic carbocycles. The molecule has 0 bridgehead atoms. The molecule has 1 aliphatic rings. The van der Waals surface area contributed by atoms with Gasteiger partial charge in [0.05, 0.1) is 18.4 Å². The fourth-order valence-corrected chi connectivity index (χ4v) is 4.12. The molecule has 1 aliphatic heterocycles. The van der Waals surface area contributed by atoms with Gasteiger partial charge in [-0.3, -0.25) is 29.8 Å². The van der Waals surface area contributed by atoms with Gasteiger partial charge in [0, 0.05) is 0 Å². The number of urea groups is 1. The lowest BCUT2D eigenvalue weighted by molar-refractivity contribution is -0.148. The molecular weight excluding hydrogens is 476 g/mol. The summed E-state index contributed by atoms with van der Waals surface area (Å²) >= 11 is 0. The normalized spacial score (nSPS) is 15.4. The number of rotatable bonds is 11. The number of carbonyl (C=O) groups excluding carboxylic acids is 5. The molecule has 0 aromatic heterocycles. The minimum Gasteiger partial charge on any atom is -0.289 e. The van der Waals surface area contributed by atoms with E-state index in [9.17, 15) is 29.2 Å². The number of hydrogen-bond donors (Lipinski definition) is 3. The highest BCUT2D eigenvalue weighted by Crippen LogP contribution is 2.26. The molecule has 0 radical (unpaired) electrons. The van der Waals surface area contributed by atoms with Gasteiger partial charge in [0.1, 0.15) is 0 Å². The smallest absolute Gasteiger partial charge is 0.289 e. The van der Waals surface area contributed by atoms with Gasteiger partial charge in [0.15, 0.2) is 0 Å². The van der Waals surface area contributed by atoms with Gasteiger partial charge in [-0.15, -0.1) is 0 Å². The van der Waals surface area contributed by atoms with Gasteiger partial charge in [-0.05, 0) is 29.9 Å². The van der Waals surface area contributed by atoms with E-state index in [1.807, 2.05) is 44.2 Å². The third kappa shape index (κ3) is 6.89. The summed E-state index contributed by atoms with van der Waals surface area (Å²) in [6.45, 7) is 3.57. The van der Waals surface area contributed by atoms with E-state index in [-0.39, 0.29) is 25.3 Å². The first-order valence-corrected chi connectivity index (χ1v) is 11.9. The van der Waals surface area contributed by atoms with Gasteiger partial charge in [-0.2, -0.15) is 5.01 Å². The SMILES string of the molecule is CC(C)CC(C(=O)NN1C(=O)C(=O)N(Cc2ccccc2)C1=O)[C@@H](C/C=C\c1ccccc1)C(=O)NO. The van der Waals surface area contributed by atoms with E-state index >= 15 is 0 Å². The first-order chi connectivity index (χ1) is 17.7. The van der Waals surface area contributed by atoms with E-state index in [1.165, 1.54) is 0 Å². The Kier molecular flexibility index (Phi) is 9.28. The molecule has 2 atom stereocenters. The molecule has 0 aliphatic carbocycles. The maximum Gasteiger partial charge on any atom is 0.353 e. The number of hydroxylamine groups is 1. The van der Waals surface area contributed by atoms with Crippen LogP contribution in [-0.2, 0) is 25.7 Å². The number of hydrazine groups is 1. The maximum absolute atomic E-state index is 13.3. The van der Waals surface area contributed by atoms with Gasteiger partial charge in [-0.25, -0.2) is 15.2 Å². The van der Waals surface area contributed by atoms with Crippen molar-refractivity contribution in [2.45, 2.75) is 33.2 Å². The summed E-state index contributed by atoms with van der Waals surface area (Å²) in [7, 11) is 0. The zero-order valence-electron chi connectivity index (χ0n) is 20.7. The lowest BCUT2D eigenvalue weighted by atomic mass is 9.82. The van der Waals surface area contributed by atoms with Crippen LogP contribution in [-0.4, -0.2) is 44.8 Å². The number of imide groups is 2. The lowest BCUT2D eigenvalue weighted by Gasteiger charge is -2.27. The number of amides is 6. The average molecular weight is 507 g/mol. The monoisotopic (exact) mass is 506 g/mol. The molecule has 10 nitrogen and oxygen atoms in total. The number of carbonyl (C=O) groups is 5. The van der Waals surface area contributed by atoms with E-state index in [0.29, 0.717) is 10.6 Å². The first-order valence-electron chi connectivity index (χ1n) is 11.9. The molecule has 194 valence electrons. The summed E-state index contributed by atoms with van der Waals surface area (Å²) in [4.78, 5) is 64.5. The zero-order valence-corrected chi connectivity index (χ0v) is 20.7. The van der Waals surface area contributed by atoms with Crippen molar-refractivity contribution in [3.63, 3.8) is 0 Å². The molecule has 1 unspecified atom stereocenters. The quantitative estimate of drug-likeness (QED) is 0.186. The van der Waals surface area contributed by atoms with Crippen LogP contribution >= 0.6 is 0 Å². The van der Waals surface area contributed by atoms with Crippen molar-refractivity contribution >= 4 is 35.7 Å². The van der Waals surface area contributed by atoms with Crippen LogP contribution in [0.25, 0.3) is 6.08 Å². The minimum atomic E-state index is -1.19. The first kappa shape index (κ1) is 27.3. The molecule has 37 heavy (non-hydrogen) atoms. The summed E-state index contributed by atoms with van der Waals surface area (Å²) in [5, 5.41) is 9.72. The van der Waals surface area contributed by atoms with E-state index in [2.05, 4.69) is 5.43 Å². The third-order valence-electron chi connectivity index (χ3n) is 5.95. The molecule has 1 heterocycles. The van der Waals surface area contributed by atoms with Crippen molar-refractivity contribution < 1.29 is 29.2 Å². The van der Waals surface area contributed by atoms with Crippen molar-refractivity contribution in [3.05, 3.63) is 77.9 Å². The average Bonchev–Trinajstić information content (AvgIpc) is 3.09. The Hall–Kier alpha value is -4.31. The minimum absolute atomic E-state index is 0.0379. The molecule has 3 N–H and O–H groups in total. The van der Waals surface area contributed by atoms with Crippen molar-refractivity contribution in [3.8, 4) is 0 Å². The molecular formula is C27H30N4O6. The fraction of sp³-hybridized carbons (Fsp3) is 0.296. The Morgan fingerprint density at radius 3 is 2.11 bits per heavy atom. The molecule has 0 saturated carbocycles. The molecule has 2 aromatic rings. The Bertz CT molecular complexity index is 1170. The van der Waals surface area contributed by atoms with Crippen LogP contribution in [0, 0.1) is 17.8 Å². The van der Waals surface area contributed by atoms with Crippen LogP contribution in [0.4, 0.5) is 4.79 Å². The second-order valence-electron chi connectivity index (χ2n) is 9.14. The summed E-state index contributed by atoms with van der Waals surface area (Å²) in [5.41, 5.74) is 5.38. The summed E-state index contributed by atoms with van der Waals surface area (Å²) < 4.78 is 0. The van der Waals surface area contributed by atoms with Crippen LogP contribution in [0.3, 0.4) is 0 Å². The molecule has 10 heteroatoms. The Labute approximate surface area is 214 Å². The maximum atomic E-state index is 13.3. The van der Waals surface area contributed by atoms with E-state index in [1.54, 1.807) is 48.0 Å². The van der Waals surface area contributed by atoms with Crippen LogP contribution in [0.2, 0.25) is 0 Å². The predicted molar refractivity (Wildman–Crippen MR) is 134 cm³/mol. The molecule has 6 amide bonds. The Morgan fingerprint density at radius 1 is 0.892 bits per heavy atom. The number of nitrogens with one attached hydrogen (secondary N) is 2. The van der Waals surface area contributed by atoms with Gasteiger partial charge in [0.25, 0.3) is 0 Å². The molecule has 1 saturated heterocycles. The topological polar surface area (TPSA) is 136 Å². The van der Waals surface area contributed by atoms with Crippen LogP contribution in [0.1, 0.15) is 37.8 Å². The van der Waals surface area contributed by atoms with Crippen LogP contribution in [0.15, 0.2) is 66.7 Å². The standard InChI is InChI=1S/C27H30N4O6/c1-18(2)16-22(21(24(33)29-37)15-9-14-19-10-5-3-6-11-19)23(32)28-31-26(35)25(34)30(27(31)36)17-20-12-7-4-8-13-20/h3-14,18,21-22,37H,15-17H2,1-2H3,(H,28,32)(H,29,33)/b14-9-/t21-,22?/m1/s1. The molecule has 3 rings (SSSR count). The van der Waals surface area contributed by atoms with E-state index < -0.39 is 41.5 Å². The fourth-order valence-electron chi connectivity index (χ4n) is 4.12. The largest absolute Gasteiger partial charge is 0.353 e. The highest BCUT2D eigenvalue weighted by molar-refractivity contribution is 6.44.